The van der Waals surface area contributed by atoms with Gasteiger partial charge < -0.3 is 15.4 Å². The lowest BCUT2D eigenvalue weighted by atomic mass is 10.2. The van der Waals surface area contributed by atoms with Gasteiger partial charge in [0.05, 0.1) is 5.56 Å². The van der Waals surface area contributed by atoms with Gasteiger partial charge in [-0.3, -0.25) is 9.59 Å². The average Bonchev–Trinajstić information content (AvgIpc) is 2.53. The molecule has 0 atom stereocenters. The van der Waals surface area contributed by atoms with E-state index < -0.39 is 11.7 Å². The summed E-state index contributed by atoms with van der Waals surface area (Å²) in [5.74, 6) is -1.14. The SMILES string of the molecule is CCNC(=O)COc1cccc(NC(=O)c2ccc(Cl)cc2F)c1. The third-order valence-corrected chi connectivity index (χ3v) is 3.25. The van der Waals surface area contributed by atoms with Crippen molar-refractivity contribution in [3.8, 4) is 5.75 Å². The Bertz CT molecular complexity index is 752. The van der Waals surface area contributed by atoms with Gasteiger partial charge in [0, 0.05) is 23.3 Å². The smallest absolute Gasteiger partial charge is 0.258 e. The maximum Gasteiger partial charge on any atom is 0.258 e. The molecule has 7 heteroatoms. The molecule has 0 radical (unpaired) electrons. The predicted molar refractivity (Wildman–Crippen MR) is 90.0 cm³/mol. The summed E-state index contributed by atoms with van der Waals surface area (Å²) in [5, 5.41) is 5.39. The molecule has 2 aromatic carbocycles. The van der Waals surface area contributed by atoms with E-state index in [1.807, 2.05) is 6.92 Å². The van der Waals surface area contributed by atoms with E-state index >= 15 is 0 Å². The van der Waals surface area contributed by atoms with Gasteiger partial charge in [0.25, 0.3) is 11.8 Å². The summed E-state index contributed by atoms with van der Waals surface area (Å²) in [7, 11) is 0. The van der Waals surface area contributed by atoms with Crippen LogP contribution in [0.15, 0.2) is 42.5 Å². The Labute approximate surface area is 143 Å². The molecule has 0 aliphatic heterocycles. The molecule has 2 amide bonds. The molecule has 126 valence electrons. The summed E-state index contributed by atoms with van der Waals surface area (Å²) in [5.41, 5.74) is 0.302. The third-order valence-electron chi connectivity index (χ3n) is 3.01. The van der Waals surface area contributed by atoms with Crippen molar-refractivity contribution in [3.05, 3.63) is 58.9 Å². The molecule has 5 nitrogen and oxygen atoms in total. The normalized spacial score (nSPS) is 10.1. The number of rotatable bonds is 6. The summed E-state index contributed by atoms with van der Waals surface area (Å²) in [6.07, 6.45) is 0. The molecule has 2 rings (SSSR count). The molecule has 0 unspecified atom stereocenters. The first-order valence-electron chi connectivity index (χ1n) is 7.25. The highest BCUT2D eigenvalue weighted by Crippen LogP contribution is 2.20. The molecule has 0 aliphatic rings. The van der Waals surface area contributed by atoms with Gasteiger partial charge in [-0.05, 0) is 37.3 Å². The Morgan fingerprint density at radius 1 is 1.21 bits per heavy atom. The van der Waals surface area contributed by atoms with Gasteiger partial charge in [0.2, 0.25) is 0 Å². The Hall–Kier alpha value is -2.60. The number of amides is 2. The fourth-order valence-electron chi connectivity index (χ4n) is 1.93. The van der Waals surface area contributed by atoms with Crippen molar-refractivity contribution in [1.29, 1.82) is 0 Å². The summed E-state index contributed by atoms with van der Waals surface area (Å²) >= 11 is 5.66. The number of hydrogen-bond donors (Lipinski definition) is 2. The van der Waals surface area contributed by atoms with Crippen molar-refractivity contribution in [1.82, 2.24) is 5.32 Å². The van der Waals surface area contributed by atoms with Crippen LogP contribution in [0.3, 0.4) is 0 Å². The fourth-order valence-corrected chi connectivity index (χ4v) is 2.09. The molecule has 0 bridgehead atoms. The molecule has 0 spiro atoms. The van der Waals surface area contributed by atoms with E-state index in [2.05, 4.69) is 10.6 Å². The van der Waals surface area contributed by atoms with Crippen molar-refractivity contribution in [2.75, 3.05) is 18.5 Å². The minimum absolute atomic E-state index is 0.118. The standard InChI is InChI=1S/C17H16ClFN2O3/c1-2-20-16(22)10-24-13-5-3-4-12(9-13)21-17(23)14-7-6-11(18)8-15(14)19/h3-9H,2,10H2,1H3,(H,20,22)(H,21,23). The zero-order chi connectivity index (χ0) is 17.5. The van der Waals surface area contributed by atoms with Gasteiger partial charge in [0.15, 0.2) is 6.61 Å². The molecule has 0 fully saturated rings. The molecule has 2 aromatic rings. The topological polar surface area (TPSA) is 67.4 Å². The first-order valence-corrected chi connectivity index (χ1v) is 7.63. The zero-order valence-electron chi connectivity index (χ0n) is 12.9. The molecule has 0 saturated carbocycles. The molecule has 2 N–H and O–H groups in total. The van der Waals surface area contributed by atoms with Crippen LogP contribution in [-0.4, -0.2) is 25.0 Å². The van der Waals surface area contributed by atoms with Crippen LogP contribution in [0, 0.1) is 5.82 Å². The summed E-state index contributed by atoms with van der Waals surface area (Å²) in [4.78, 5) is 23.5. The highest BCUT2D eigenvalue weighted by molar-refractivity contribution is 6.30. The summed E-state index contributed by atoms with van der Waals surface area (Å²) in [6, 6.07) is 10.3. The number of nitrogens with one attached hydrogen (secondary N) is 2. The Morgan fingerprint density at radius 3 is 2.71 bits per heavy atom. The van der Waals surface area contributed by atoms with E-state index in [4.69, 9.17) is 16.3 Å². The number of likely N-dealkylation sites (N-methyl/N-ethyl adjacent to an activating group) is 1. The van der Waals surface area contributed by atoms with Crippen LogP contribution < -0.4 is 15.4 Å². The number of hydrogen-bond acceptors (Lipinski definition) is 3. The van der Waals surface area contributed by atoms with E-state index in [0.717, 1.165) is 6.07 Å². The molecule has 0 saturated heterocycles. The maximum absolute atomic E-state index is 13.8. The molecule has 0 heterocycles. The number of benzene rings is 2. The van der Waals surface area contributed by atoms with Gasteiger partial charge in [-0.2, -0.15) is 0 Å². The molecule has 0 aromatic heterocycles. The number of halogens is 2. The van der Waals surface area contributed by atoms with Gasteiger partial charge in [-0.15, -0.1) is 0 Å². The predicted octanol–water partition coefficient (Wildman–Crippen LogP) is 3.25. The third kappa shape index (κ3) is 4.96. The highest BCUT2D eigenvalue weighted by Gasteiger charge is 2.12. The van der Waals surface area contributed by atoms with Gasteiger partial charge in [0.1, 0.15) is 11.6 Å². The van der Waals surface area contributed by atoms with Crippen LogP contribution >= 0.6 is 11.6 Å². The van der Waals surface area contributed by atoms with Gasteiger partial charge in [-0.25, -0.2) is 4.39 Å². The van der Waals surface area contributed by atoms with Crippen molar-refractivity contribution in [2.45, 2.75) is 6.92 Å². The fraction of sp³-hybridized carbons (Fsp3) is 0.176. The molecular formula is C17H16ClFN2O3. The van der Waals surface area contributed by atoms with Gasteiger partial charge in [-0.1, -0.05) is 17.7 Å². The summed E-state index contributed by atoms with van der Waals surface area (Å²) < 4.78 is 19.1. The first-order chi connectivity index (χ1) is 11.5. The summed E-state index contributed by atoms with van der Waals surface area (Å²) in [6.45, 7) is 2.20. The van der Waals surface area contributed by atoms with Crippen LogP contribution in [0.1, 0.15) is 17.3 Å². The Balaban J connectivity index is 2.03. The van der Waals surface area contributed by atoms with E-state index in [1.54, 1.807) is 24.3 Å². The first kappa shape index (κ1) is 17.7. The zero-order valence-corrected chi connectivity index (χ0v) is 13.7. The van der Waals surface area contributed by atoms with E-state index in [9.17, 15) is 14.0 Å². The van der Waals surface area contributed by atoms with Crippen LogP contribution in [0.5, 0.6) is 5.75 Å². The average molecular weight is 351 g/mol. The van der Waals surface area contributed by atoms with E-state index in [0.29, 0.717) is 18.0 Å². The van der Waals surface area contributed by atoms with Crippen LogP contribution in [0.2, 0.25) is 5.02 Å². The Kier molecular flexibility index (Phi) is 6.14. The maximum atomic E-state index is 13.8. The van der Waals surface area contributed by atoms with E-state index in [-0.39, 0.29) is 23.1 Å². The minimum atomic E-state index is -0.705. The lowest BCUT2D eigenvalue weighted by Gasteiger charge is -2.09. The largest absolute Gasteiger partial charge is 0.484 e. The second-order valence-electron chi connectivity index (χ2n) is 4.85. The van der Waals surface area contributed by atoms with Crippen LogP contribution in [0.4, 0.5) is 10.1 Å². The number of ether oxygens (including phenoxy) is 1. The molecule has 24 heavy (non-hydrogen) atoms. The van der Waals surface area contributed by atoms with Crippen molar-refractivity contribution in [2.24, 2.45) is 0 Å². The molecule has 0 aliphatic carbocycles. The minimum Gasteiger partial charge on any atom is -0.484 e. The van der Waals surface area contributed by atoms with Gasteiger partial charge >= 0.3 is 0 Å². The lowest BCUT2D eigenvalue weighted by molar-refractivity contribution is -0.122. The second kappa shape index (κ2) is 8.31. The van der Waals surface area contributed by atoms with Crippen molar-refractivity contribution in [3.63, 3.8) is 0 Å². The van der Waals surface area contributed by atoms with Crippen molar-refractivity contribution >= 4 is 29.1 Å². The number of carbonyl (C=O) groups excluding carboxylic acids is 2. The number of carbonyl (C=O) groups is 2. The second-order valence-corrected chi connectivity index (χ2v) is 5.28. The monoisotopic (exact) mass is 350 g/mol. The Morgan fingerprint density at radius 2 is 2.00 bits per heavy atom. The highest BCUT2D eigenvalue weighted by atomic mass is 35.5. The van der Waals surface area contributed by atoms with Crippen LogP contribution in [-0.2, 0) is 4.79 Å². The van der Waals surface area contributed by atoms with Crippen LogP contribution in [0.25, 0.3) is 0 Å². The molecular weight excluding hydrogens is 335 g/mol. The van der Waals surface area contributed by atoms with E-state index in [1.165, 1.54) is 12.1 Å². The lowest BCUT2D eigenvalue weighted by Crippen LogP contribution is -2.28. The van der Waals surface area contributed by atoms with Crippen molar-refractivity contribution < 1.29 is 18.7 Å². The number of anilines is 1. The quantitative estimate of drug-likeness (QED) is 0.840.